The summed E-state index contributed by atoms with van der Waals surface area (Å²) in [4.78, 5) is 13.8. The summed E-state index contributed by atoms with van der Waals surface area (Å²) in [6.07, 6.45) is 4.94. The van der Waals surface area contributed by atoms with Crippen LogP contribution in [0.15, 0.2) is 12.4 Å². The first-order valence-corrected chi connectivity index (χ1v) is 5.69. The summed E-state index contributed by atoms with van der Waals surface area (Å²) in [5.74, 6) is 0.208. The first-order valence-electron chi connectivity index (χ1n) is 5.69. The maximum absolute atomic E-state index is 11.9. The van der Waals surface area contributed by atoms with Crippen LogP contribution in [0.3, 0.4) is 0 Å². The summed E-state index contributed by atoms with van der Waals surface area (Å²) in [5.41, 5.74) is 0. The molecule has 6 nitrogen and oxygen atoms in total. The van der Waals surface area contributed by atoms with Gasteiger partial charge in [-0.15, -0.1) is 5.10 Å². The summed E-state index contributed by atoms with van der Waals surface area (Å²) in [6, 6.07) is 0. The van der Waals surface area contributed by atoms with Gasteiger partial charge in [0.1, 0.15) is 0 Å². The second-order valence-corrected chi connectivity index (χ2v) is 3.90. The molecule has 1 aromatic heterocycles. The standard InChI is InChI=1S/C10H17N5O/c16-10(2-7-15-9-5-12-13-15)14-6-1-3-11-4-8-14/h5,9,11H,1-4,6-8H2. The van der Waals surface area contributed by atoms with E-state index in [1.165, 1.54) is 0 Å². The van der Waals surface area contributed by atoms with Crippen LogP contribution in [0.4, 0.5) is 0 Å². The SMILES string of the molecule is O=C(CCn1ccnn1)N1CCCNCC1. The van der Waals surface area contributed by atoms with Gasteiger partial charge in [0.05, 0.1) is 12.7 Å². The Balaban J connectivity index is 1.78. The monoisotopic (exact) mass is 223 g/mol. The number of aryl methyl sites for hydroxylation is 1. The fourth-order valence-electron chi connectivity index (χ4n) is 1.82. The van der Waals surface area contributed by atoms with Gasteiger partial charge in [-0.3, -0.25) is 9.48 Å². The Kier molecular flexibility index (Phi) is 3.87. The highest BCUT2D eigenvalue weighted by Gasteiger charge is 2.14. The Morgan fingerprint density at radius 3 is 3.12 bits per heavy atom. The fraction of sp³-hybridized carbons (Fsp3) is 0.700. The lowest BCUT2D eigenvalue weighted by Gasteiger charge is -2.19. The van der Waals surface area contributed by atoms with Crippen molar-refractivity contribution < 1.29 is 4.79 Å². The summed E-state index contributed by atoms with van der Waals surface area (Å²) in [6.45, 7) is 4.20. The summed E-state index contributed by atoms with van der Waals surface area (Å²) < 4.78 is 1.69. The largest absolute Gasteiger partial charge is 0.341 e. The van der Waals surface area contributed by atoms with E-state index in [-0.39, 0.29) is 5.91 Å². The van der Waals surface area contributed by atoms with E-state index >= 15 is 0 Å². The van der Waals surface area contributed by atoms with Crippen LogP contribution >= 0.6 is 0 Å². The Bertz CT molecular complexity index is 316. The van der Waals surface area contributed by atoms with Crippen molar-refractivity contribution in [2.75, 3.05) is 26.2 Å². The zero-order valence-corrected chi connectivity index (χ0v) is 9.30. The van der Waals surface area contributed by atoms with Crippen molar-refractivity contribution in [3.63, 3.8) is 0 Å². The molecule has 0 aliphatic carbocycles. The van der Waals surface area contributed by atoms with Crippen molar-refractivity contribution in [1.82, 2.24) is 25.2 Å². The number of nitrogens with zero attached hydrogens (tertiary/aromatic N) is 4. The molecule has 88 valence electrons. The number of hydrogen-bond acceptors (Lipinski definition) is 4. The van der Waals surface area contributed by atoms with E-state index in [0.717, 1.165) is 32.6 Å². The Morgan fingerprint density at radius 1 is 1.38 bits per heavy atom. The third-order valence-electron chi connectivity index (χ3n) is 2.72. The van der Waals surface area contributed by atoms with Gasteiger partial charge >= 0.3 is 0 Å². The van der Waals surface area contributed by atoms with Crippen LogP contribution in [-0.2, 0) is 11.3 Å². The van der Waals surface area contributed by atoms with Crippen molar-refractivity contribution in [1.29, 1.82) is 0 Å². The number of aromatic nitrogens is 3. The fourth-order valence-corrected chi connectivity index (χ4v) is 1.82. The second-order valence-electron chi connectivity index (χ2n) is 3.90. The molecular weight excluding hydrogens is 206 g/mol. The van der Waals surface area contributed by atoms with Crippen molar-refractivity contribution in [2.24, 2.45) is 0 Å². The second kappa shape index (κ2) is 5.60. The predicted octanol–water partition coefficient (Wildman–Crippen LogP) is -0.510. The van der Waals surface area contributed by atoms with E-state index in [9.17, 15) is 4.79 Å². The van der Waals surface area contributed by atoms with Crippen molar-refractivity contribution in [2.45, 2.75) is 19.4 Å². The molecule has 2 heterocycles. The number of nitrogens with one attached hydrogen (secondary N) is 1. The maximum Gasteiger partial charge on any atom is 0.224 e. The Hall–Kier alpha value is -1.43. The molecule has 1 N–H and O–H groups in total. The molecular formula is C10H17N5O. The molecule has 0 saturated carbocycles. The summed E-state index contributed by atoms with van der Waals surface area (Å²) in [7, 11) is 0. The van der Waals surface area contributed by atoms with Gasteiger partial charge < -0.3 is 10.2 Å². The van der Waals surface area contributed by atoms with Crippen LogP contribution in [0.5, 0.6) is 0 Å². The first-order chi connectivity index (χ1) is 7.86. The molecule has 0 spiro atoms. The van der Waals surface area contributed by atoms with Crippen LogP contribution < -0.4 is 5.32 Å². The number of carbonyl (C=O) groups excluding carboxylic acids is 1. The van der Waals surface area contributed by atoms with Crippen LogP contribution in [-0.4, -0.2) is 52.0 Å². The molecule has 1 amide bonds. The average molecular weight is 223 g/mol. The molecule has 1 aliphatic heterocycles. The lowest BCUT2D eigenvalue weighted by Crippen LogP contribution is -2.34. The Labute approximate surface area is 94.6 Å². The number of hydrogen-bond donors (Lipinski definition) is 1. The molecule has 0 bridgehead atoms. The summed E-state index contributed by atoms with van der Waals surface area (Å²) in [5, 5.41) is 10.8. The number of rotatable bonds is 3. The molecule has 1 aliphatic rings. The third kappa shape index (κ3) is 3.03. The van der Waals surface area contributed by atoms with E-state index in [2.05, 4.69) is 15.6 Å². The zero-order valence-electron chi connectivity index (χ0n) is 9.30. The third-order valence-corrected chi connectivity index (χ3v) is 2.72. The topological polar surface area (TPSA) is 63.1 Å². The summed E-state index contributed by atoms with van der Waals surface area (Å²) >= 11 is 0. The van der Waals surface area contributed by atoms with Crippen LogP contribution in [0.25, 0.3) is 0 Å². The van der Waals surface area contributed by atoms with E-state index < -0.39 is 0 Å². The molecule has 0 atom stereocenters. The lowest BCUT2D eigenvalue weighted by atomic mass is 10.3. The smallest absolute Gasteiger partial charge is 0.224 e. The number of amides is 1. The predicted molar refractivity (Wildman–Crippen MR) is 58.7 cm³/mol. The highest BCUT2D eigenvalue weighted by molar-refractivity contribution is 5.76. The molecule has 0 aromatic carbocycles. The first kappa shape index (κ1) is 11.1. The quantitative estimate of drug-likeness (QED) is 0.749. The minimum absolute atomic E-state index is 0.208. The molecule has 6 heteroatoms. The van der Waals surface area contributed by atoms with E-state index in [1.807, 2.05) is 4.90 Å². The molecule has 2 rings (SSSR count). The average Bonchev–Trinajstić information content (AvgIpc) is 2.66. The van der Waals surface area contributed by atoms with Gasteiger partial charge in [-0.05, 0) is 13.0 Å². The molecule has 1 saturated heterocycles. The van der Waals surface area contributed by atoms with E-state index in [0.29, 0.717) is 13.0 Å². The van der Waals surface area contributed by atoms with Crippen molar-refractivity contribution in [3.8, 4) is 0 Å². The van der Waals surface area contributed by atoms with Gasteiger partial charge in [-0.25, -0.2) is 0 Å². The molecule has 1 fully saturated rings. The molecule has 16 heavy (non-hydrogen) atoms. The Morgan fingerprint density at radius 2 is 2.31 bits per heavy atom. The van der Waals surface area contributed by atoms with E-state index in [4.69, 9.17) is 0 Å². The van der Waals surface area contributed by atoms with Crippen molar-refractivity contribution in [3.05, 3.63) is 12.4 Å². The van der Waals surface area contributed by atoms with Gasteiger partial charge in [-0.2, -0.15) is 0 Å². The van der Waals surface area contributed by atoms with Gasteiger partial charge in [0, 0.05) is 32.3 Å². The zero-order chi connectivity index (χ0) is 11.2. The number of carbonyl (C=O) groups is 1. The normalized spacial score (nSPS) is 17.1. The molecule has 0 unspecified atom stereocenters. The maximum atomic E-state index is 11.9. The minimum atomic E-state index is 0.208. The van der Waals surface area contributed by atoms with Gasteiger partial charge in [0.2, 0.25) is 5.91 Å². The van der Waals surface area contributed by atoms with Crippen molar-refractivity contribution >= 4 is 5.91 Å². The van der Waals surface area contributed by atoms with Gasteiger partial charge in [0.15, 0.2) is 0 Å². The van der Waals surface area contributed by atoms with Crippen LogP contribution in [0.2, 0.25) is 0 Å². The van der Waals surface area contributed by atoms with Crippen LogP contribution in [0.1, 0.15) is 12.8 Å². The highest BCUT2D eigenvalue weighted by atomic mass is 16.2. The van der Waals surface area contributed by atoms with Gasteiger partial charge in [0.25, 0.3) is 0 Å². The minimum Gasteiger partial charge on any atom is -0.341 e. The lowest BCUT2D eigenvalue weighted by molar-refractivity contribution is -0.131. The van der Waals surface area contributed by atoms with Crippen LogP contribution in [0, 0.1) is 0 Å². The molecule has 1 aromatic rings. The van der Waals surface area contributed by atoms with E-state index in [1.54, 1.807) is 17.1 Å². The molecule has 0 radical (unpaired) electrons. The highest BCUT2D eigenvalue weighted by Crippen LogP contribution is 2.00. The van der Waals surface area contributed by atoms with Gasteiger partial charge in [-0.1, -0.05) is 5.21 Å².